The first-order chi connectivity index (χ1) is 7.54. The molecule has 0 aromatic carbocycles. The quantitative estimate of drug-likeness (QED) is 0.373. The summed E-state index contributed by atoms with van der Waals surface area (Å²) in [7, 11) is -6.00. The average Bonchev–Trinajstić information content (AvgIpc) is 2.14. The number of hydrogen-bond donors (Lipinski definition) is 0. The van der Waals surface area contributed by atoms with E-state index in [1.165, 1.54) is 10.4 Å². The Morgan fingerprint density at radius 2 is 1.65 bits per heavy atom. The van der Waals surface area contributed by atoms with Crippen molar-refractivity contribution in [1.29, 1.82) is 0 Å². The van der Waals surface area contributed by atoms with Crippen LogP contribution in [0.15, 0.2) is 17.5 Å². The molecule has 17 heavy (non-hydrogen) atoms. The van der Waals surface area contributed by atoms with Gasteiger partial charge in [0.1, 0.15) is 0 Å². The number of rotatable bonds is 1. The Hall–Kier alpha value is -0.645. The van der Waals surface area contributed by atoms with Crippen LogP contribution in [0, 0.1) is 0 Å². The van der Waals surface area contributed by atoms with E-state index in [4.69, 9.17) is 0 Å². The third-order valence-electron chi connectivity index (χ3n) is 1.94. The summed E-state index contributed by atoms with van der Waals surface area (Å²) in [5.74, 6) is 0. The van der Waals surface area contributed by atoms with Crippen LogP contribution in [0.4, 0.5) is 17.3 Å². The van der Waals surface area contributed by atoms with E-state index in [1.54, 1.807) is 0 Å². The molecule has 0 saturated heterocycles. The molecule has 6 heteroatoms. The van der Waals surface area contributed by atoms with Crippen molar-refractivity contribution in [2.75, 3.05) is 0 Å². The van der Waals surface area contributed by atoms with Crippen molar-refractivity contribution in [2.45, 2.75) is 39.5 Å². The zero-order chi connectivity index (χ0) is 13.7. The molecule has 0 atom stereocenters. The minimum Gasteiger partial charge on any atom is -0.418 e. The Morgan fingerprint density at radius 3 is 2.00 bits per heavy atom. The summed E-state index contributed by atoms with van der Waals surface area (Å²) in [6.45, 7) is 8.99. The van der Waals surface area contributed by atoms with Gasteiger partial charge in [0.2, 0.25) is 16.2 Å². The van der Waals surface area contributed by atoms with Gasteiger partial charge < -0.3 is 17.3 Å². The molecule has 0 aliphatic heterocycles. The monoisotopic (exact) mass is 268 g/mol. The van der Waals surface area contributed by atoms with Crippen molar-refractivity contribution < 1.29 is 17.3 Å². The smallest absolute Gasteiger partial charge is 0.418 e. The fraction of sp³-hybridized carbons (Fsp3) is 0.545. The second kappa shape index (κ2) is 6.33. The molecule has 0 bridgehead atoms. The van der Waals surface area contributed by atoms with Crippen molar-refractivity contribution in [2.24, 2.45) is 0 Å². The van der Waals surface area contributed by atoms with Crippen LogP contribution in [0.1, 0.15) is 38.1 Å². The summed E-state index contributed by atoms with van der Waals surface area (Å²) in [6, 6.07) is 4.53. The minimum atomic E-state index is -6.00. The first-order valence-corrected chi connectivity index (χ1v) is 6.20. The zero-order valence-electron chi connectivity index (χ0n) is 10.4. The summed E-state index contributed by atoms with van der Waals surface area (Å²) in [5.41, 5.74) is 1.74. The van der Waals surface area contributed by atoms with Crippen LogP contribution in [0.25, 0.3) is 0 Å². The van der Waals surface area contributed by atoms with Crippen molar-refractivity contribution in [3.63, 3.8) is 0 Å². The predicted molar refractivity (Wildman–Crippen MR) is 67.0 cm³/mol. The van der Waals surface area contributed by atoms with E-state index >= 15 is 0 Å². The molecule has 0 N–H and O–H groups in total. The lowest BCUT2D eigenvalue weighted by atomic mass is 9.94. The Kier molecular flexibility index (Phi) is 6.09. The maximum Gasteiger partial charge on any atom is 0.673 e. The van der Waals surface area contributed by atoms with Crippen LogP contribution in [-0.2, 0) is 11.8 Å². The first-order valence-electron chi connectivity index (χ1n) is 5.32. The zero-order valence-corrected chi connectivity index (χ0v) is 11.3. The molecule has 0 aliphatic carbocycles. The van der Waals surface area contributed by atoms with E-state index < -0.39 is 7.25 Å². The van der Waals surface area contributed by atoms with Crippen LogP contribution in [0.3, 0.4) is 0 Å². The average molecular weight is 268 g/mol. The Labute approximate surface area is 104 Å². The van der Waals surface area contributed by atoms with Crippen molar-refractivity contribution >= 4 is 18.6 Å². The molecule has 1 aromatic heterocycles. The van der Waals surface area contributed by atoms with Crippen LogP contribution in [0.5, 0.6) is 0 Å². The Morgan fingerprint density at radius 1 is 1.18 bits per heavy atom. The van der Waals surface area contributed by atoms with Gasteiger partial charge in [-0.15, -0.1) is 0 Å². The maximum absolute atomic E-state index is 9.75. The van der Waals surface area contributed by atoms with E-state index in [2.05, 4.69) is 45.2 Å². The molecular formula is C11H17BF4S. The highest BCUT2D eigenvalue weighted by Crippen LogP contribution is 2.26. The van der Waals surface area contributed by atoms with Crippen LogP contribution in [0.2, 0.25) is 0 Å². The lowest BCUT2D eigenvalue weighted by Gasteiger charge is -2.10. The predicted octanol–water partition coefficient (Wildman–Crippen LogP) is 5.19. The number of aryl methyl sites for hydroxylation is 1. The summed E-state index contributed by atoms with van der Waals surface area (Å²) in [6.07, 6.45) is 1.14. The number of hydrogen-bond acceptors (Lipinski definition) is 0. The molecule has 1 rings (SSSR count). The van der Waals surface area contributed by atoms with Crippen LogP contribution in [-0.4, -0.2) is 7.25 Å². The van der Waals surface area contributed by atoms with E-state index in [0.717, 1.165) is 6.42 Å². The van der Waals surface area contributed by atoms with E-state index in [-0.39, 0.29) is 0 Å². The molecule has 0 fully saturated rings. The fourth-order valence-electron chi connectivity index (χ4n) is 1.06. The maximum atomic E-state index is 9.75. The highest BCUT2D eigenvalue weighted by molar-refractivity contribution is 7.09. The second-order valence-electron chi connectivity index (χ2n) is 4.60. The molecule has 0 amide bonds. The Balaban J connectivity index is 0.000000437. The summed E-state index contributed by atoms with van der Waals surface area (Å²) < 4.78 is 39.0. The Bertz CT molecular complexity index is 338. The van der Waals surface area contributed by atoms with Gasteiger partial charge in [-0.3, -0.25) is 0 Å². The molecule has 0 aliphatic rings. The second-order valence-corrected chi connectivity index (χ2v) is 5.55. The highest BCUT2D eigenvalue weighted by Gasteiger charge is 2.23. The third kappa shape index (κ3) is 9.09. The molecule has 0 radical (unpaired) electrons. The molecule has 0 nitrogen and oxygen atoms in total. The fourth-order valence-corrected chi connectivity index (χ4v) is 2.02. The van der Waals surface area contributed by atoms with E-state index in [0.29, 0.717) is 5.41 Å². The van der Waals surface area contributed by atoms with Gasteiger partial charge in [-0.25, -0.2) is 0 Å². The van der Waals surface area contributed by atoms with Gasteiger partial charge in [0.05, 0.1) is 0 Å². The lowest BCUT2D eigenvalue weighted by Crippen LogP contribution is -2.09. The van der Waals surface area contributed by atoms with Gasteiger partial charge in [-0.05, 0) is 18.1 Å². The van der Waals surface area contributed by atoms with Crippen LogP contribution >= 0.6 is 11.3 Å². The normalized spacial score (nSPS) is 11.8. The highest BCUT2D eigenvalue weighted by atomic mass is 32.1. The molecule has 1 heterocycles. The molecule has 0 spiro atoms. The standard InChI is InChI=1S/C11H17S.BF4/c1-5-9-6-7-12-10(8-9)11(2,3)4;2-1(3,4)5/h6-8H,5H2,1-4H3;/q+1;-1. The lowest BCUT2D eigenvalue weighted by molar-refractivity contribution is 0.368. The van der Waals surface area contributed by atoms with Gasteiger partial charge in [-0.2, -0.15) is 0 Å². The summed E-state index contributed by atoms with van der Waals surface area (Å²) in [4.78, 5) is 1.47. The SMILES string of the molecule is CCc1cc[s+]c(C(C)(C)C)c1.F[B-](F)(F)F. The van der Waals surface area contributed by atoms with Gasteiger partial charge in [0, 0.05) is 11.5 Å². The third-order valence-corrected chi connectivity index (χ3v) is 3.20. The van der Waals surface area contributed by atoms with E-state index in [9.17, 15) is 17.3 Å². The largest absolute Gasteiger partial charge is 0.673 e. The molecule has 0 saturated carbocycles. The van der Waals surface area contributed by atoms with Crippen LogP contribution < -0.4 is 0 Å². The summed E-state index contributed by atoms with van der Waals surface area (Å²) in [5, 5.41) is 2.19. The first kappa shape index (κ1) is 16.4. The van der Waals surface area contributed by atoms with E-state index in [1.807, 2.05) is 11.3 Å². The summed E-state index contributed by atoms with van der Waals surface area (Å²) >= 11 is 1.85. The molecular weight excluding hydrogens is 251 g/mol. The topological polar surface area (TPSA) is 0 Å². The van der Waals surface area contributed by atoms with Crippen molar-refractivity contribution in [3.05, 3.63) is 28.0 Å². The molecule has 0 unspecified atom stereocenters. The molecule has 98 valence electrons. The minimum absolute atomic E-state index is 0.301. The van der Waals surface area contributed by atoms with Crippen molar-refractivity contribution in [1.82, 2.24) is 0 Å². The van der Waals surface area contributed by atoms with Gasteiger partial charge in [0.15, 0.2) is 5.38 Å². The number of halogens is 4. The van der Waals surface area contributed by atoms with Gasteiger partial charge in [-0.1, -0.05) is 27.7 Å². The van der Waals surface area contributed by atoms with Crippen molar-refractivity contribution in [3.8, 4) is 0 Å². The molecule has 1 aromatic rings. The van der Waals surface area contributed by atoms with Gasteiger partial charge >= 0.3 is 7.25 Å². The van der Waals surface area contributed by atoms with Gasteiger partial charge in [0.25, 0.3) is 0 Å².